The fraction of sp³-hybridized carbons (Fsp3) is 0.647. The van der Waals surface area contributed by atoms with E-state index in [-0.39, 0.29) is 37.0 Å². The first kappa shape index (κ1) is 40.8. The number of azide groups is 1. The molecule has 2 N–H and O–H groups in total. The minimum absolute atomic E-state index is 0.216. The third kappa shape index (κ3) is 13.9. The first-order valence-corrected chi connectivity index (χ1v) is 17.7. The van der Waals surface area contributed by atoms with Gasteiger partial charge < -0.3 is 39.2 Å². The van der Waals surface area contributed by atoms with Crippen molar-refractivity contribution in [3.63, 3.8) is 0 Å². The SMILES string of the molecule is CC(=O)NC(C(=O)N1CC(OCCOCCOCCOCCOCCN=[N+]=[N-])CC1C(=O)NCc1ccc(-c2scnc2C)cc1)C(C)(C)C. The normalized spacial score (nSPS) is 16.5. The van der Waals surface area contributed by atoms with E-state index in [2.05, 4.69) is 25.6 Å². The van der Waals surface area contributed by atoms with Gasteiger partial charge in [-0.05, 0) is 29.0 Å². The van der Waals surface area contributed by atoms with Crippen LogP contribution < -0.4 is 10.6 Å². The summed E-state index contributed by atoms with van der Waals surface area (Å²) in [5.74, 6) is -0.919. The number of aryl methyl sites for hydroxylation is 1. The minimum Gasteiger partial charge on any atom is -0.379 e. The lowest BCUT2D eigenvalue weighted by Gasteiger charge is -2.35. The number of nitrogens with zero attached hydrogens (tertiary/aromatic N) is 5. The van der Waals surface area contributed by atoms with Gasteiger partial charge >= 0.3 is 0 Å². The number of aromatic nitrogens is 1. The van der Waals surface area contributed by atoms with Gasteiger partial charge in [-0.25, -0.2) is 4.98 Å². The zero-order valence-corrected chi connectivity index (χ0v) is 30.5. The van der Waals surface area contributed by atoms with Crippen molar-refractivity contribution in [1.29, 1.82) is 0 Å². The van der Waals surface area contributed by atoms with Crippen molar-refractivity contribution in [2.75, 3.05) is 72.6 Å². The molecule has 3 unspecified atom stereocenters. The van der Waals surface area contributed by atoms with Crippen LogP contribution in [0, 0.1) is 12.3 Å². The van der Waals surface area contributed by atoms with E-state index in [4.69, 9.17) is 29.2 Å². The highest BCUT2D eigenvalue weighted by Gasteiger charge is 2.45. The van der Waals surface area contributed by atoms with Crippen LogP contribution in [0.25, 0.3) is 20.9 Å². The topological polar surface area (TPSA) is 186 Å². The number of hydrogen-bond donors (Lipinski definition) is 2. The molecule has 1 aromatic carbocycles. The van der Waals surface area contributed by atoms with Crippen LogP contribution in [0.1, 0.15) is 45.4 Å². The number of hydrogen-bond acceptors (Lipinski definition) is 11. The summed E-state index contributed by atoms with van der Waals surface area (Å²) in [4.78, 5) is 49.1. The largest absolute Gasteiger partial charge is 0.379 e. The maximum Gasteiger partial charge on any atom is 0.246 e. The molecule has 276 valence electrons. The van der Waals surface area contributed by atoms with Gasteiger partial charge in [-0.1, -0.05) is 50.2 Å². The third-order valence-electron chi connectivity index (χ3n) is 7.83. The molecule has 0 bridgehead atoms. The van der Waals surface area contributed by atoms with Crippen molar-refractivity contribution in [2.45, 2.75) is 65.8 Å². The van der Waals surface area contributed by atoms with E-state index < -0.39 is 17.5 Å². The lowest BCUT2D eigenvalue weighted by molar-refractivity contribution is -0.143. The second-order valence-corrected chi connectivity index (χ2v) is 13.7. The molecule has 2 heterocycles. The Bertz CT molecular complexity index is 1390. The van der Waals surface area contributed by atoms with Gasteiger partial charge in [0.25, 0.3) is 0 Å². The van der Waals surface area contributed by atoms with Crippen LogP contribution in [0.4, 0.5) is 0 Å². The summed E-state index contributed by atoms with van der Waals surface area (Å²) in [6, 6.07) is 6.40. The predicted octanol–water partition coefficient (Wildman–Crippen LogP) is 3.65. The van der Waals surface area contributed by atoms with E-state index in [1.54, 1.807) is 11.3 Å². The van der Waals surface area contributed by atoms with Crippen LogP contribution in [0.3, 0.4) is 0 Å². The molecule has 0 spiro atoms. The highest BCUT2D eigenvalue weighted by Crippen LogP contribution is 2.29. The first-order valence-electron chi connectivity index (χ1n) is 16.8. The molecule has 1 saturated heterocycles. The number of thiazole rings is 1. The fourth-order valence-electron chi connectivity index (χ4n) is 5.27. The van der Waals surface area contributed by atoms with Gasteiger partial charge in [0.2, 0.25) is 17.7 Å². The Kier molecular flexibility index (Phi) is 17.6. The van der Waals surface area contributed by atoms with Crippen LogP contribution in [-0.4, -0.2) is 118 Å². The van der Waals surface area contributed by atoms with Crippen molar-refractivity contribution in [3.8, 4) is 10.4 Å². The molecule has 16 heteroatoms. The molecule has 2 aromatic rings. The van der Waals surface area contributed by atoms with Crippen molar-refractivity contribution in [1.82, 2.24) is 20.5 Å². The van der Waals surface area contributed by atoms with Crippen LogP contribution in [0.2, 0.25) is 0 Å². The summed E-state index contributed by atoms with van der Waals surface area (Å²) < 4.78 is 27.9. The highest BCUT2D eigenvalue weighted by molar-refractivity contribution is 7.13. The van der Waals surface area contributed by atoms with Crippen LogP contribution in [0.5, 0.6) is 0 Å². The number of amides is 3. The predicted molar refractivity (Wildman–Crippen MR) is 188 cm³/mol. The maximum atomic E-state index is 13.9. The molecule has 3 amide bonds. The van der Waals surface area contributed by atoms with Crippen LogP contribution in [-0.2, 0) is 44.6 Å². The highest BCUT2D eigenvalue weighted by atomic mass is 32.1. The van der Waals surface area contributed by atoms with Gasteiger partial charge in [0.05, 0.1) is 81.6 Å². The zero-order valence-electron chi connectivity index (χ0n) is 29.7. The quantitative estimate of drug-likeness (QED) is 0.0794. The number of benzene rings is 1. The van der Waals surface area contributed by atoms with Crippen LogP contribution in [0.15, 0.2) is 34.9 Å². The molecule has 0 radical (unpaired) electrons. The maximum absolute atomic E-state index is 13.9. The molecular formula is C34H51N7O8S. The minimum atomic E-state index is -0.811. The van der Waals surface area contributed by atoms with E-state index in [1.165, 1.54) is 11.8 Å². The molecule has 1 aliphatic rings. The van der Waals surface area contributed by atoms with Crippen molar-refractivity contribution < 1.29 is 38.1 Å². The standard InChI is InChI=1S/C34H51N7O8S/c1-24-30(50-23-37-24)27-8-6-26(7-9-27)21-36-32(43)29-20-28(22-41(29)33(44)31(34(3,4)5)39-25(2)42)49-19-18-48-17-16-47-15-14-46-13-12-45-11-10-38-40-35/h6-9,23,28-29,31H,10-22H2,1-5H3,(H,36,43)(H,39,42). The Morgan fingerprint density at radius 2 is 1.60 bits per heavy atom. The molecule has 3 rings (SSSR count). The van der Waals surface area contributed by atoms with Crippen molar-refractivity contribution in [2.24, 2.45) is 10.5 Å². The number of carbonyl (C=O) groups is 3. The second kappa shape index (κ2) is 21.6. The van der Waals surface area contributed by atoms with Gasteiger partial charge in [-0.3, -0.25) is 14.4 Å². The lowest BCUT2D eigenvalue weighted by Crippen LogP contribution is -2.57. The summed E-state index contributed by atoms with van der Waals surface area (Å²) in [7, 11) is 0. The number of carbonyl (C=O) groups excluding carboxylic acids is 3. The van der Waals surface area contributed by atoms with Crippen LogP contribution >= 0.6 is 11.3 Å². The Hall–Kier alpha value is -3.63. The van der Waals surface area contributed by atoms with E-state index in [1.807, 2.05) is 57.5 Å². The molecule has 50 heavy (non-hydrogen) atoms. The number of ether oxygens (including phenoxy) is 5. The van der Waals surface area contributed by atoms with E-state index in [0.717, 1.165) is 21.7 Å². The van der Waals surface area contributed by atoms with Gasteiger partial charge in [0.15, 0.2) is 0 Å². The molecule has 1 aliphatic heterocycles. The van der Waals surface area contributed by atoms with E-state index in [9.17, 15) is 14.4 Å². The Morgan fingerprint density at radius 1 is 1.00 bits per heavy atom. The summed E-state index contributed by atoms with van der Waals surface area (Å²) in [5.41, 5.74) is 12.4. The average molecular weight is 718 g/mol. The van der Waals surface area contributed by atoms with Gasteiger partial charge in [-0.2, -0.15) is 0 Å². The van der Waals surface area contributed by atoms with Crippen molar-refractivity contribution >= 4 is 29.1 Å². The fourth-order valence-corrected chi connectivity index (χ4v) is 6.09. The summed E-state index contributed by atoms with van der Waals surface area (Å²) in [6.45, 7) is 13.2. The summed E-state index contributed by atoms with van der Waals surface area (Å²) >= 11 is 1.59. The van der Waals surface area contributed by atoms with Gasteiger partial charge in [0, 0.05) is 37.9 Å². The van der Waals surface area contributed by atoms with Gasteiger partial charge in [0.1, 0.15) is 12.1 Å². The molecule has 3 atom stereocenters. The Balaban J connectivity index is 1.45. The Morgan fingerprint density at radius 3 is 2.14 bits per heavy atom. The molecule has 1 aromatic heterocycles. The lowest BCUT2D eigenvalue weighted by atomic mass is 9.85. The number of nitrogens with one attached hydrogen (secondary N) is 2. The Labute approximate surface area is 298 Å². The second-order valence-electron chi connectivity index (χ2n) is 12.8. The zero-order chi connectivity index (χ0) is 36.4. The third-order valence-corrected chi connectivity index (χ3v) is 8.81. The average Bonchev–Trinajstić information content (AvgIpc) is 3.71. The van der Waals surface area contributed by atoms with Crippen molar-refractivity contribution in [3.05, 3.63) is 51.5 Å². The monoisotopic (exact) mass is 717 g/mol. The summed E-state index contributed by atoms with van der Waals surface area (Å²) in [5, 5.41) is 9.17. The summed E-state index contributed by atoms with van der Waals surface area (Å²) in [6.07, 6.45) is -0.0605. The van der Waals surface area contributed by atoms with E-state index >= 15 is 0 Å². The number of likely N-dealkylation sites (tertiary alicyclic amines) is 1. The molecule has 0 aliphatic carbocycles. The van der Waals surface area contributed by atoms with Gasteiger partial charge in [-0.15, -0.1) is 11.3 Å². The first-order chi connectivity index (χ1) is 24.0. The van der Waals surface area contributed by atoms with E-state index in [0.29, 0.717) is 72.4 Å². The molecule has 15 nitrogen and oxygen atoms in total. The number of rotatable bonds is 22. The smallest absolute Gasteiger partial charge is 0.246 e. The molecular weight excluding hydrogens is 666 g/mol. The molecule has 1 fully saturated rings. The molecule has 0 saturated carbocycles.